The second-order valence-corrected chi connectivity index (χ2v) is 8.10. The average Bonchev–Trinajstić information content (AvgIpc) is 3.10. The first kappa shape index (κ1) is 17.6. The van der Waals surface area contributed by atoms with Crippen molar-refractivity contribution in [2.24, 2.45) is 5.73 Å². The van der Waals surface area contributed by atoms with E-state index in [1.165, 1.54) is 11.1 Å². The predicted molar refractivity (Wildman–Crippen MR) is 92.7 cm³/mol. The van der Waals surface area contributed by atoms with Gasteiger partial charge in [0.25, 0.3) is 0 Å². The number of rotatable bonds is 6. The topological polar surface area (TPSA) is 120 Å². The quantitative estimate of drug-likeness (QED) is 0.769. The summed E-state index contributed by atoms with van der Waals surface area (Å²) in [5, 5.41) is 4.42. The van der Waals surface area contributed by atoms with Crippen molar-refractivity contribution in [1.29, 1.82) is 0 Å². The predicted octanol–water partition coefficient (Wildman–Crippen LogP) is 0.394. The number of primary amides is 1. The molecule has 2 aromatic rings. The number of nitrogens with zero attached hydrogens (tertiary/aromatic N) is 3. The highest BCUT2D eigenvalue weighted by Gasteiger charge is 2.24. The molecule has 1 aromatic carbocycles. The van der Waals surface area contributed by atoms with Crippen molar-refractivity contribution in [1.82, 2.24) is 19.5 Å². The van der Waals surface area contributed by atoms with Crippen LogP contribution in [0.5, 0.6) is 0 Å². The van der Waals surface area contributed by atoms with E-state index in [1.807, 2.05) is 12.1 Å². The SMILES string of the molecule is C[C@@H](NS(C)(=O)=O)c1nc(CC(N)=O)nn1-c1cccc2c1CCC2. The summed E-state index contributed by atoms with van der Waals surface area (Å²) in [6.07, 6.45) is 4.01. The molecule has 0 saturated heterocycles. The Labute approximate surface area is 146 Å². The monoisotopic (exact) mass is 363 g/mol. The third kappa shape index (κ3) is 3.88. The van der Waals surface area contributed by atoms with Gasteiger partial charge < -0.3 is 5.73 Å². The second kappa shape index (κ2) is 6.57. The van der Waals surface area contributed by atoms with E-state index in [9.17, 15) is 13.2 Å². The number of fused-ring (bicyclic) bond motifs is 1. The number of aromatic nitrogens is 3. The highest BCUT2D eigenvalue weighted by atomic mass is 32.2. The average molecular weight is 363 g/mol. The van der Waals surface area contributed by atoms with E-state index < -0.39 is 22.0 Å². The molecule has 1 aromatic heterocycles. The van der Waals surface area contributed by atoms with Crippen LogP contribution in [-0.2, 0) is 34.1 Å². The lowest BCUT2D eigenvalue weighted by Gasteiger charge is -2.15. The molecule has 0 saturated carbocycles. The van der Waals surface area contributed by atoms with Gasteiger partial charge in [-0.1, -0.05) is 12.1 Å². The molecule has 25 heavy (non-hydrogen) atoms. The molecule has 3 N–H and O–H groups in total. The molecule has 1 heterocycles. The van der Waals surface area contributed by atoms with E-state index in [-0.39, 0.29) is 12.2 Å². The molecule has 1 atom stereocenters. The Bertz CT molecular complexity index is 920. The van der Waals surface area contributed by atoms with Crippen molar-refractivity contribution in [2.45, 2.75) is 38.6 Å². The minimum absolute atomic E-state index is 0.0966. The fraction of sp³-hybridized carbons (Fsp3) is 0.438. The third-order valence-corrected chi connectivity index (χ3v) is 4.92. The molecule has 9 heteroatoms. The maximum Gasteiger partial charge on any atom is 0.225 e. The lowest BCUT2D eigenvalue weighted by atomic mass is 10.1. The van der Waals surface area contributed by atoms with Gasteiger partial charge in [-0.3, -0.25) is 4.79 Å². The van der Waals surface area contributed by atoms with Gasteiger partial charge in [0, 0.05) is 0 Å². The lowest BCUT2D eigenvalue weighted by Crippen LogP contribution is -2.27. The number of nitrogens with two attached hydrogens (primary N) is 1. The number of aryl methyl sites for hydroxylation is 1. The van der Waals surface area contributed by atoms with Crippen LogP contribution in [-0.4, -0.2) is 35.3 Å². The smallest absolute Gasteiger partial charge is 0.225 e. The van der Waals surface area contributed by atoms with Gasteiger partial charge in [0.2, 0.25) is 15.9 Å². The Morgan fingerprint density at radius 2 is 2.16 bits per heavy atom. The Morgan fingerprint density at radius 1 is 1.40 bits per heavy atom. The van der Waals surface area contributed by atoms with E-state index in [0.29, 0.717) is 5.82 Å². The van der Waals surface area contributed by atoms with E-state index >= 15 is 0 Å². The van der Waals surface area contributed by atoms with Crippen molar-refractivity contribution >= 4 is 15.9 Å². The lowest BCUT2D eigenvalue weighted by molar-refractivity contribution is -0.117. The van der Waals surface area contributed by atoms with Crippen LogP contribution in [0.3, 0.4) is 0 Å². The minimum Gasteiger partial charge on any atom is -0.369 e. The van der Waals surface area contributed by atoms with Crippen molar-refractivity contribution in [3.05, 3.63) is 41.0 Å². The van der Waals surface area contributed by atoms with Gasteiger partial charge >= 0.3 is 0 Å². The Balaban J connectivity index is 2.10. The van der Waals surface area contributed by atoms with Crippen LogP contribution >= 0.6 is 0 Å². The zero-order valence-corrected chi connectivity index (χ0v) is 15.0. The number of carbonyl (C=O) groups excluding carboxylic acids is 1. The normalized spacial score (nSPS) is 15.1. The first-order chi connectivity index (χ1) is 11.7. The molecule has 0 spiro atoms. The number of benzene rings is 1. The summed E-state index contributed by atoms with van der Waals surface area (Å²) in [6, 6.07) is 5.38. The maximum absolute atomic E-state index is 11.6. The molecular weight excluding hydrogens is 342 g/mol. The van der Waals surface area contributed by atoms with Gasteiger partial charge in [0.05, 0.1) is 24.4 Å². The number of carbonyl (C=O) groups is 1. The third-order valence-electron chi connectivity index (χ3n) is 4.14. The first-order valence-electron chi connectivity index (χ1n) is 8.07. The number of amides is 1. The van der Waals surface area contributed by atoms with Crippen LogP contribution in [0.1, 0.15) is 42.2 Å². The summed E-state index contributed by atoms with van der Waals surface area (Å²) in [6.45, 7) is 1.69. The van der Waals surface area contributed by atoms with Gasteiger partial charge in [0.1, 0.15) is 5.82 Å². The molecule has 1 amide bonds. The minimum atomic E-state index is -3.42. The van der Waals surface area contributed by atoms with E-state index in [4.69, 9.17) is 5.73 Å². The van der Waals surface area contributed by atoms with E-state index in [1.54, 1.807) is 11.6 Å². The fourth-order valence-electron chi connectivity index (χ4n) is 3.23. The van der Waals surface area contributed by atoms with Gasteiger partial charge in [-0.25, -0.2) is 22.8 Å². The Kier molecular flexibility index (Phi) is 4.61. The van der Waals surface area contributed by atoms with Crippen LogP contribution < -0.4 is 10.5 Å². The number of hydrogen-bond acceptors (Lipinski definition) is 5. The van der Waals surface area contributed by atoms with E-state index in [2.05, 4.69) is 20.9 Å². The Morgan fingerprint density at radius 3 is 2.84 bits per heavy atom. The molecule has 1 aliphatic rings. The number of hydrogen-bond donors (Lipinski definition) is 2. The summed E-state index contributed by atoms with van der Waals surface area (Å²) in [7, 11) is -3.42. The summed E-state index contributed by atoms with van der Waals surface area (Å²) in [5.74, 6) is 0.174. The fourth-order valence-corrected chi connectivity index (χ4v) is 3.98. The molecule has 0 unspecified atom stereocenters. The highest BCUT2D eigenvalue weighted by molar-refractivity contribution is 7.88. The maximum atomic E-state index is 11.6. The molecule has 3 rings (SSSR count). The van der Waals surface area contributed by atoms with Crippen LogP contribution in [0.2, 0.25) is 0 Å². The number of sulfonamides is 1. The van der Waals surface area contributed by atoms with Gasteiger partial charge in [-0.15, -0.1) is 0 Å². The largest absolute Gasteiger partial charge is 0.369 e. The molecule has 8 nitrogen and oxygen atoms in total. The number of nitrogens with one attached hydrogen (secondary N) is 1. The van der Waals surface area contributed by atoms with E-state index in [0.717, 1.165) is 31.2 Å². The summed E-state index contributed by atoms with van der Waals surface area (Å²) in [4.78, 5) is 15.6. The summed E-state index contributed by atoms with van der Waals surface area (Å²) >= 11 is 0. The molecule has 0 radical (unpaired) electrons. The molecule has 0 bridgehead atoms. The van der Waals surface area contributed by atoms with Crippen molar-refractivity contribution in [2.75, 3.05) is 6.26 Å². The zero-order valence-electron chi connectivity index (χ0n) is 14.2. The van der Waals surface area contributed by atoms with Gasteiger partial charge in [-0.05, 0) is 43.4 Å². The standard InChI is InChI=1S/C16H21N5O3S/c1-10(20-25(2,23)24)16-18-15(9-14(17)22)19-21(16)13-8-4-6-11-5-3-7-12(11)13/h4,6,8,10,20H,3,5,7,9H2,1-2H3,(H2,17,22)/t10-/m1/s1. The zero-order chi connectivity index (χ0) is 18.2. The Hall–Kier alpha value is -2.26. The summed E-state index contributed by atoms with van der Waals surface area (Å²) < 4.78 is 27.3. The van der Waals surface area contributed by atoms with Gasteiger partial charge in [0.15, 0.2) is 5.82 Å². The molecule has 134 valence electrons. The highest BCUT2D eigenvalue weighted by Crippen LogP contribution is 2.29. The molecule has 0 fully saturated rings. The summed E-state index contributed by atoms with van der Waals surface area (Å²) in [5.41, 5.74) is 8.57. The van der Waals surface area contributed by atoms with Crippen molar-refractivity contribution in [3.63, 3.8) is 0 Å². The molecule has 1 aliphatic carbocycles. The van der Waals surface area contributed by atoms with Crippen molar-refractivity contribution in [3.8, 4) is 5.69 Å². The first-order valence-corrected chi connectivity index (χ1v) is 9.96. The van der Waals surface area contributed by atoms with Crippen molar-refractivity contribution < 1.29 is 13.2 Å². The van der Waals surface area contributed by atoms with Crippen LogP contribution in [0.15, 0.2) is 18.2 Å². The molecule has 0 aliphatic heterocycles. The molecular formula is C16H21N5O3S. The van der Waals surface area contributed by atoms with Crippen LogP contribution in [0.4, 0.5) is 0 Å². The van der Waals surface area contributed by atoms with Crippen LogP contribution in [0.25, 0.3) is 5.69 Å². The van der Waals surface area contributed by atoms with Gasteiger partial charge in [-0.2, -0.15) is 5.10 Å². The second-order valence-electron chi connectivity index (χ2n) is 6.32. The van der Waals surface area contributed by atoms with Crippen LogP contribution in [0, 0.1) is 0 Å².